The quantitative estimate of drug-likeness (QED) is 0.446. The molecule has 0 fully saturated rings. The summed E-state index contributed by atoms with van der Waals surface area (Å²) in [5.41, 5.74) is 0. The lowest BCUT2D eigenvalue weighted by atomic mass is 10.1. The minimum absolute atomic E-state index is 0.988. The van der Waals surface area contributed by atoms with Gasteiger partial charge in [0.25, 0.3) is 0 Å². The van der Waals surface area contributed by atoms with Crippen LogP contribution in [0.1, 0.15) is 0 Å². The van der Waals surface area contributed by atoms with Crippen molar-refractivity contribution in [2.75, 3.05) is 21.3 Å². The van der Waals surface area contributed by atoms with Crippen molar-refractivity contribution in [2.24, 2.45) is 0 Å². The van der Waals surface area contributed by atoms with E-state index < -0.39 is 30.2 Å². The monoisotopic (exact) mass is 235 g/mol. The third-order valence-electron chi connectivity index (χ3n) is 1.67. The summed E-state index contributed by atoms with van der Waals surface area (Å²) in [7, 11) is 3.13. The van der Waals surface area contributed by atoms with Crippen LogP contribution in [-0.2, 0) is 23.8 Å². The van der Waals surface area contributed by atoms with Gasteiger partial charge in [-0.05, 0) is 0 Å². The van der Waals surface area contributed by atoms with Crippen LogP contribution in [0.25, 0.3) is 0 Å². The lowest BCUT2D eigenvalue weighted by Crippen LogP contribution is -2.52. The number of carbonyl (C=O) groups is 3. The van der Waals surface area contributed by atoms with Gasteiger partial charge in [0.2, 0.25) is 0 Å². The number of esters is 2. The number of aliphatic hydroxyl groups excluding tert-OH is 1. The third kappa shape index (κ3) is 3.73. The van der Waals surface area contributed by atoms with E-state index >= 15 is 0 Å². The molecular weight excluding hydrogens is 222 g/mol. The number of ether oxygens (including phenoxy) is 3. The van der Waals surface area contributed by atoms with Crippen LogP contribution in [0.2, 0.25) is 0 Å². The van der Waals surface area contributed by atoms with Crippen molar-refractivity contribution in [3.8, 4) is 0 Å². The number of hydrogen-bond donors (Lipinski definition) is 2. The average molecular weight is 235 g/mol. The predicted octanol–water partition coefficient (Wildman–Crippen LogP) is -1.58. The molecule has 0 aromatic rings. The molecule has 92 valence electrons. The van der Waals surface area contributed by atoms with Crippen molar-refractivity contribution in [1.29, 1.82) is 0 Å². The molecule has 2 atom stereocenters. The minimum Gasteiger partial charge on any atom is -0.467 e. The van der Waals surface area contributed by atoms with E-state index in [-0.39, 0.29) is 0 Å². The topological polar surface area (TPSA) is 111 Å². The van der Waals surface area contributed by atoms with Crippen molar-refractivity contribution in [1.82, 2.24) is 5.32 Å². The number of nitrogens with one attached hydrogen (secondary N) is 1. The average Bonchev–Trinajstić information content (AvgIpc) is 2.32. The van der Waals surface area contributed by atoms with Gasteiger partial charge in [-0.2, -0.15) is 0 Å². The van der Waals surface area contributed by atoms with E-state index in [2.05, 4.69) is 14.2 Å². The summed E-state index contributed by atoms with van der Waals surface area (Å²) < 4.78 is 12.7. The standard InChI is InChI=1S/C8H13NO7/c1-14-6(11)4(9-8(13)16-3)5(10)7(12)15-2/h4-5,10H,1-3H3,(H,9,13)/t4-,5+/m1/s1. The van der Waals surface area contributed by atoms with Crippen LogP contribution in [0.5, 0.6) is 0 Å². The van der Waals surface area contributed by atoms with E-state index in [0.717, 1.165) is 21.3 Å². The number of aliphatic hydroxyl groups is 1. The third-order valence-corrected chi connectivity index (χ3v) is 1.67. The molecule has 0 aliphatic rings. The first kappa shape index (κ1) is 14.2. The summed E-state index contributed by atoms with van der Waals surface area (Å²) in [5.74, 6) is -2.07. The highest BCUT2D eigenvalue weighted by Gasteiger charge is 2.35. The maximum atomic E-state index is 11.2. The Kier molecular flexibility index (Phi) is 5.86. The number of carbonyl (C=O) groups excluding carboxylic acids is 3. The summed E-state index contributed by atoms with van der Waals surface area (Å²) in [6.45, 7) is 0. The number of methoxy groups -OCH3 is 3. The molecule has 0 radical (unpaired) electrons. The maximum Gasteiger partial charge on any atom is 0.407 e. The molecule has 0 rings (SSSR count). The van der Waals surface area contributed by atoms with Crippen molar-refractivity contribution in [3.05, 3.63) is 0 Å². The van der Waals surface area contributed by atoms with Crippen LogP contribution in [0.3, 0.4) is 0 Å². The summed E-state index contributed by atoms with van der Waals surface area (Å²) >= 11 is 0. The van der Waals surface area contributed by atoms with Crippen molar-refractivity contribution in [2.45, 2.75) is 12.1 Å². The number of amides is 1. The summed E-state index contributed by atoms with van der Waals surface area (Å²) in [6, 6.07) is -1.58. The predicted molar refractivity (Wildman–Crippen MR) is 49.4 cm³/mol. The lowest BCUT2D eigenvalue weighted by molar-refractivity contribution is -0.159. The van der Waals surface area contributed by atoms with Crippen molar-refractivity contribution < 1.29 is 33.7 Å². The summed E-state index contributed by atoms with van der Waals surface area (Å²) in [6.07, 6.45) is -2.85. The molecule has 0 spiro atoms. The van der Waals surface area contributed by atoms with Gasteiger partial charge in [-0.1, -0.05) is 0 Å². The highest BCUT2D eigenvalue weighted by atomic mass is 16.6. The molecule has 0 unspecified atom stereocenters. The SMILES string of the molecule is COC(=O)N[C@@H](C(=O)OC)[C@H](O)C(=O)OC. The van der Waals surface area contributed by atoms with E-state index in [4.69, 9.17) is 0 Å². The second kappa shape index (κ2) is 6.62. The van der Waals surface area contributed by atoms with E-state index in [1.54, 1.807) is 0 Å². The van der Waals surface area contributed by atoms with Gasteiger partial charge in [0.15, 0.2) is 12.1 Å². The zero-order chi connectivity index (χ0) is 12.7. The fraction of sp³-hybridized carbons (Fsp3) is 0.625. The molecule has 0 bridgehead atoms. The van der Waals surface area contributed by atoms with Gasteiger partial charge in [-0.3, -0.25) is 0 Å². The number of hydrogen-bond acceptors (Lipinski definition) is 7. The normalized spacial score (nSPS) is 13.2. The van der Waals surface area contributed by atoms with Crippen molar-refractivity contribution in [3.63, 3.8) is 0 Å². The summed E-state index contributed by atoms with van der Waals surface area (Å²) in [5, 5.41) is 11.3. The van der Waals surface area contributed by atoms with E-state index in [0.29, 0.717) is 0 Å². The number of rotatable bonds is 4. The van der Waals surface area contributed by atoms with Gasteiger partial charge in [0, 0.05) is 0 Å². The molecule has 0 aromatic heterocycles. The molecule has 0 saturated carbocycles. The summed E-state index contributed by atoms with van der Waals surface area (Å²) in [4.78, 5) is 33.0. The van der Waals surface area contributed by atoms with Gasteiger partial charge in [0.1, 0.15) is 0 Å². The highest BCUT2D eigenvalue weighted by molar-refractivity contribution is 5.88. The molecule has 0 aromatic carbocycles. The van der Waals surface area contributed by atoms with Crippen LogP contribution < -0.4 is 5.32 Å². The molecule has 1 amide bonds. The molecule has 0 aliphatic heterocycles. The Morgan fingerprint density at radius 3 is 1.88 bits per heavy atom. The second-order valence-electron chi connectivity index (χ2n) is 2.60. The first-order valence-electron chi connectivity index (χ1n) is 4.16. The van der Waals surface area contributed by atoms with Crippen LogP contribution in [-0.4, -0.2) is 56.6 Å². The fourth-order valence-corrected chi connectivity index (χ4v) is 0.836. The van der Waals surface area contributed by atoms with Crippen molar-refractivity contribution >= 4 is 18.0 Å². The molecule has 2 N–H and O–H groups in total. The van der Waals surface area contributed by atoms with E-state index in [1.807, 2.05) is 5.32 Å². The molecule has 8 nitrogen and oxygen atoms in total. The van der Waals surface area contributed by atoms with Crippen LogP contribution in [0.4, 0.5) is 4.79 Å². The van der Waals surface area contributed by atoms with Gasteiger partial charge >= 0.3 is 18.0 Å². The molecular formula is C8H13NO7. The molecule has 0 saturated heterocycles. The second-order valence-corrected chi connectivity index (χ2v) is 2.60. The smallest absolute Gasteiger partial charge is 0.407 e. The Morgan fingerprint density at radius 1 is 1.00 bits per heavy atom. The van der Waals surface area contributed by atoms with Gasteiger partial charge < -0.3 is 24.6 Å². The van der Waals surface area contributed by atoms with Gasteiger partial charge in [-0.25, -0.2) is 14.4 Å². The Labute approximate surface area is 91.5 Å². The van der Waals surface area contributed by atoms with Gasteiger partial charge in [-0.15, -0.1) is 0 Å². The molecule has 16 heavy (non-hydrogen) atoms. The molecule has 0 heterocycles. The highest BCUT2D eigenvalue weighted by Crippen LogP contribution is 1.99. The number of alkyl carbamates (subject to hydrolysis) is 1. The lowest BCUT2D eigenvalue weighted by Gasteiger charge is -2.19. The maximum absolute atomic E-state index is 11.2. The molecule has 0 aliphatic carbocycles. The Hall–Kier alpha value is -1.83. The van der Waals surface area contributed by atoms with Crippen LogP contribution in [0, 0.1) is 0 Å². The van der Waals surface area contributed by atoms with E-state index in [9.17, 15) is 19.5 Å². The largest absolute Gasteiger partial charge is 0.467 e. The zero-order valence-electron chi connectivity index (χ0n) is 9.05. The van der Waals surface area contributed by atoms with Crippen LogP contribution >= 0.6 is 0 Å². The zero-order valence-corrected chi connectivity index (χ0v) is 9.05. The molecule has 8 heteroatoms. The Morgan fingerprint density at radius 2 is 1.50 bits per heavy atom. The van der Waals surface area contributed by atoms with E-state index in [1.165, 1.54) is 0 Å². The Bertz CT molecular complexity index is 278. The minimum atomic E-state index is -1.86. The first-order valence-corrected chi connectivity index (χ1v) is 4.16. The Balaban J connectivity index is 4.72. The van der Waals surface area contributed by atoms with Crippen LogP contribution in [0.15, 0.2) is 0 Å². The first-order chi connectivity index (χ1) is 7.47. The fourth-order valence-electron chi connectivity index (χ4n) is 0.836. The van der Waals surface area contributed by atoms with Gasteiger partial charge in [0.05, 0.1) is 21.3 Å².